The summed E-state index contributed by atoms with van der Waals surface area (Å²) in [5.41, 5.74) is 0. The fourth-order valence-electron chi connectivity index (χ4n) is 0.600. The van der Waals surface area contributed by atoms with Crippen molar-refractivity contribution in [3.63, 3.8) is 0 Å². The van der Waals surface area contributed by atoms with E-state index < -0.39 is 21.0 Å². The first-order valence-corrected chi connectivity index (χ1v) is 5.10. The van der Waals surface area contributed by atoms with Crippen LogP contribution in [0.4, 0.5) is 4.39 Å². The third-order valence-electron chi connectivity index (χ3n) is 1.05. The lowest BCUT2D eigenvalue weighted by Crippen LogP contribution is -2.15. The summed E-state index contributed by atoms with van der Waals surface area (Å²) in [5.74, 6) is -0.887. The van der Waals surface area contributed by atoms with Gasteiger partial charge in [0.05, 0.1) is 4.47 Å². The molecule has 7 heteroatoms. The summed E-state index contributed by atoms with van der Waals surface area (Å²) in [4.78, 5) is 3.12. The molecule has 0 aliphatic heterocycles. The Morgan fingerprint density at radius 2 is 2.08 bits per heavy atom. The van der Waals surface area contributed by atoms with Crippen molar-refractivity contribution in [1.29, 1.82) is 0 Å². The highest BCUT2D eigenvalue weighted by molar-refractivity contribution is 9.10. The number of sulfonamides is 1. The van der Waals surface area contributed by atoms with Crippen LogP contribution >= 0.6 is 15.9 Å². The molecule has 0 radical (unpaired) electrons. The quantitative estimate of drug-likeness (QED) is 0.748. The molecule has 0 saturated heterocycles. The topological polar surface area (TPSA) is 73.1 Å². The summed E-state index contributed by atoms with van der Waals surface area (Å²) < 4.78 is 34.0. The zero-order valence-electron chi connectivity index (χ0n) is 5.66. The van der Waals surface area contributed by atoms with Crippen molar-refractivity contribution in [2.45, 2.75) is 5.03 Å². The molecule has 0 amide bonds. The number of primary sulfonamides is 1. The van der Waals surface area contributed by atoms with Gasteiger partial charge >= 0.3 is 0 Å². The molecule has 2 N–H and O–H groups in total. The minimum atomic E-state index is -3.95. The second-order valence-corrected chi connectivity index (χ2v) is 4.30. The lowest BCUT2D eigenvalue weighted by Gasteiger charge is -1.98. The molecule has 0 atom stereocenters. The van der Waals surface area contributed by atoms with E-state index >= 15 is 0 Å². The molecule has 12 heavy (non-hydrogen) atoms. The summed E-state index contributed by atoms with van der Waals surface area (Å²) in [5, 5.41) is 4.24. The lowest BCUT2D eigenvalue weighted by atomic mass is 10.5. The van der Waals surface area contributed by atoms with Crippen LogP contribution in [0.3, 0.4) is 0 Å². The maximum atomic E-state index is 12.4. The SMILES string of the molecule is NS(=O)(=O)c1nc(F)ccc1Br. The van der Waals surface area contributed by atoms with Gasteiger partial charge in [0.2, 0.25) is 5.95 Å². The van der Waals surface area contributed by atoms with E-state index in [1.54, 1.807) is 0 Å². The van der Waals surface area contributed by atoms with Gasteiger partial charge in [0.15, 0.2) is 5.03 Å². The molecule has 0 aromatic carbocycles. The van der Waals surface area contributed by atoms with Crippen LogP contribution in [0.15, 0.2) is 21.6 Å². The number of rotatable bonds is 1. The fourth-order valence-corrected chi connectivity index (χ4v) is 2.05. The number of hydrogen-bond donors (Lipinski definition) is 1. The normalized spacial score (nSPS) is 11.6. The van der Waals surface area contributed by atoms with E-state index in [-0.39, 0.29) is 4.47 Å². The molecule has 4 nitrogen and oxygen atoms in total. The summed E-state index contributed by atoms with van der Waals surface area (Å²) in [7, 11) is -3.95. The zero-order valence-corrected chi connectivity index (χ0v) is 8.06. The van der Waals surface area contributed by atoms with Gasteiger partial charge in [0, 0.05) is 0 Å². The summed E-state index contributed by atoms with van der Waals surface area (Å²) in [6.07, 6.45) is 0. The van der Waals surface area contributed by atoms with E-state index in [1.165, 1.54) is 6.07 Å². The van der Waals surface area contributed by atoms with Crippen LogP contribution in [-0.2, 0) is 10.0 Å². The first-order valence-electron chi connectivity index (χ1n) is 2.76. The highest BCUT2D eigenvalue weighted by Crippen LogP contribution is 2.17. The second-order valence-electron chi connectivity index (χ2n) is 1.97. The van der Waals surface area contributed by atoms with Crippen molar-refractivity contribution in [2.75, 3.05) is 0 Å². The van der Waals surface area contributed by atoms with E-state index in [0.29, 0.717) is 0 Å². The van der Waals surface area contributed by atoms with Gasteiger partial charge in [-0.1, -0.05) is 0 Å². The van der Waals surface area contributed by atoms with Crippen molar-refractivity contribution in [1.82, 2.24) is 4.98 Å². The minimum absolute atomic E-state index is 0.145. The Morgan fingerprint density at radius 1 is 1.50 bits per heavy atom. The Hall–Kier alpha value is -0.530. The van der Waals surface area contributed by atoms with Gasteiger partial charge < -0.3 is 0 Å². The molecular formula is C5H4BrFN2O2S. The number of hydrogen-bond acceptors (Lipinski definition) is 3. The fraction of sp³-hybridized carbons (Fsp3) is 0. The largest absolute Gasteiger partial charge is 0.256 e. The Labute approximate surface area is 76.8 Å². The van der Waals surface area contributed by atoms with Crippen molar-refractivity contribution in [3.8, 4) is 0 Å². The molecular weight excluding hydrogens is 251 g/mol. The maximum absolute atomic E-state index is 12.4. The average molecular weight is 255 g/mol. The van der Waals surface area contributed by atoms with Crippen LogP contribution in [0, 0.1) is 5.95 Å². The van der Waals surface area contributed by atoms with Crippen LogP contribution in [0.25, 0.3) is 0 Å². The van der Waals surface area contributed by atoms with Crippen LogP contribution < -0.4 is 5.14 Å². The highest BCUT2D eigenvalue weighted by atomic mass is 79.9. The van der Waals surface area contributed by atoms with Crippen molar-refractivity contribution >= 4 is 26.0 Å². The molecule has 0 aliphatic carbocycles. The van der Waals surface area contributed by atoms with Crippen molar-refractivity contribution in [3.05, 3.63) is 22.6 Å². The predicted molar refractivity (Wildman–Crippen MR) is 43.3 cm³/mol. The standard InChI is InChI=1S/C5H4BrFN2O2S/c6-3-1-2-4(7)9-5(3)12(8,10)11/h1-2H,(H2,8,10,11). The third-order valence-corrected chi connectivity index (χ3v) is 2.80. The summed E-state index contributed by atoms with van der Waals surface area (Å²) in [6.45, 7) is 0. The summed E-state index contributed by atoms with van der Waals surface area (Å²) in [6, 6.07) is 2.25. The van der Waals surface area contributed by atoms with Gasteiger partial charge in [-0.2, -0.15) is 4.39 Å². The number of nitrogens with zero attached hydrogens (tertiary/aromatic N) is 1. The van der Waals surface area contributed by atoms with E-state index in [0.717, 1.165) is 6.07 Å². The van der Waals surface area contributed by atoms with Crippen LogP contribution in [0.5, 0.6) is 0 Å². The molecule has 0 bridgehead atoms. The van der Waals surface area contributed by atoms with E-state index in [2.05, 4.69) is 20.9 Å². The number of aromatic nitrogens is 1. The molecule has 0 fully saturated rings. The molecule has 1 rings (SSSR count). The lowest BCUT2D eigenvalue weighted by molar-refractivity contribution is 0.556. The third kappa shape index (κ3) is 1.99. The smallest absolute Gasteiger partial charge is 0.223 e. The minimum Gasteiger partial charge on any atom is -0.223 e. The van der Waals surface area contributed by atoms with Crippen LogP contribution in [0.1, 0.15) is 0 Å². The highest BCUT2D eigenvalue weighted by Gasteiger charge is 2.14. The van der Waals surface area contributed by atoms with Crippen LogP contribution in [0.2, 0.25) is 0 Å². The Balaban J connectivity index is 3.43. The van der Waals surface area contributed by atoms with E-state index in [4.69, 9.17) is 5.14 Å². The van der Waals surface area contributed by atoms with Gasteiger partial charge in [-0.25, -0.2) is 18.5 Å². The van der Waals surface area contributed by atoms with E-state index in [1.807, 2.05) is 0 Å². The molecule has 0 aliphatic rings. The summed E-state index contributed by atoms with van der Waals surface area (Å²) >= 11 is 2.88. The number of halogens is 2. The first kappa shape index (κ1) is 9.56. The molecule has 0 spiro atoms. The number of pyridine rings is 1. The van der Waals surface area contributed by atoms with Gasteiger partial charge in [0.1, 0.15) is 0 Å². The van der Waals surface area contributed by atoms with Gasteiger partial charge in [-0.05, 0) is 28.1 Å². The molecule has 1 heterocycles. The predicted octanol–water partition coefficient (Wildman–Crippen LogP) is 0.631. The van der Waals surface area contributed by atoms with E-state index in [9.17, 15) is 12.8 Å². The number of nitrogens with two attached hydrogens (primary N) is 1. The monoisotopic (exact) mass is 254 g/mol. The van der Waals surface area contributed by atoms with Gasteiger partial charge in [-0.3, -0.25) is 0 Å². The van der Waals surface area contributed by atoms with Crippen molar-refractivity contribution in [2.24, 2.45) is 5.14 Å². The molecule has 1 aromatic rings. The second kappa shape index (κ2) is 3.08. The van der Waals surface area contributed by atoms with Crippen molar-refractivity contribution < 1.29 is 12.8 Å². The molecule has 0 saturated carbocycles. The molecule has 0 unspecified atom stereocenters. The first-order chi connectivity index (χ1) is 5.41. The maximum Gasteiger partial charge on any atom is 0.256 e. The van der Waals surface area contributed by atoms with Gasteiger partial charge in [0.25, 0.3) is 10.0 Å². The van der Waals surface area contributed by atoms with Gasteiger partial charge in [-0.15, -0.1) is 0 Å². The Morgan fingerprint density at radius 3 is 2.50 bits per heavy atom. The Kier molecular flexibility index (Phi) is 2.45. The average Bonchev–Trinajstić information content (AvgIpc) is 1.92. The molecule has 1 aromatic heterocycles. The van der Waals surface area contributed by atoms with Crippen LogP contribution in [-0.4, -0.2) is 13.4 Å². The zero-order chi connectivity index (χ0) is 9.35. The molecule has 66 valence electrons. The Bertz CT molecular complexity index is 406.